The molecular weight excluding hydrogens is 386 g/mol. The fourth-order valence-electron chi connectivity index (χ4n) is 1.91. The van der Waals surface area contributed by atoms with E-state index in [1.54, 1.807) is 51.1 Å². The third-order valence-corrected chi connectivity index (χ3v) is 4.17. The zero-order valence-corrected chi connectivity index (χ0v) is 15.5. The molecule has 23 heavy (non-hydrogen) atoms. The molecule has 1 N–H and O–H groups in total. The van der Waals surface area contributed by atoms with Gasteiger partial charge in [0, 0.05) is 11.1 Å². The molecule has 0 heterocycles. The van der Waals surface area contributed by atoms with Crippen molar-refractivity contribution >= 4 is 50.9 Å². The molecule has 1 amide bonds. The van der Waals surface area contributed by atoms with E-state index >= 15 is 0 Å². The van der Waals surface area contributed by atoms with Gasteiger partial charge >= 0.3 is 5.97 Å². The quantitative estimate of drug-likeness (QED) is 0.429. The Morgan fingerprint density at radius 1 is 1.22 bits per heavy atom. The number of ether oxygens (including phenoxy) is 1. The van der Waals surface area contributed by atoms with Gasteiger partial charge in [-0.1, -0.05) is 43.6 Å². The predicted molar refractivity (Wildman–Crippen MR) is 92.6 cm³/mol. The summed E-state index contributed by atoms with van der Waals surface area (Å²) in [5.74, 6) is -1.85. The molecule has 0 aromatic heterocycles. The van der Waals surface area contributed by atoms with Gasteiger partial charge in [0.15, 0.2) is 5.78 Å². The lowest BCUT2D eigenvalue weighted by Crippen LogP contribution is -2.47. The van der Waals surface area contributed by atoms with Gasteiger partial charge in [0.2, 0.25) is 3.78 Å². The van der Waals surface area contributed by atoms with Crippen LogP contribution in [0.1, 0.15) is 27.2 Å². The highest BCUT2D eigenvalue weighted by Gasteiger charge is 2.49. The summed E-state index contributed by atoms with van der Waals surface area (Å²) in [7, 11) is 0. The molecule has 0 spiro atoms. The number of alkyl halides is 2. The maximum absolute atomic E-state index is 12.6. The number of Topliss-reactive ketones (excluding diaryl/α,β-unsaturated/α-hetero) is 1. The standard InChI is InChI=1S/C16H19BrClNO4/c1-4-23-12(20)10-15(2,3)13(21)16(17,18)14(22)19-11-8-6-5-7-9-11/h5-9H,4,10H2,1-3H3,(H,19,22). The van der Waals surface area contributed by atoms with E-state index in [4.69, 9.17) is 16.3 Å². The number of rotatable bonds is 7. The Bertz CT molecular complexity index is 587. The monoisotopic (exact) mass is 403 g/mol. The second-order valence-electron chi connectivity index (χ2n) is 5.59. The molecule has 1 aromatic carbocycles. The first-order chi connectivity index (χ1) is 10.6. The second kappa shape index (κ2) is 7.93. The molecule has 1 rings (SSSR count). The Morgan fingerprint density at radius 3 is 2.30 bits per heavy atom. The number of esters is 1. The Hall–Kier alpha value is -1.40. The summed E-state index contributed by atoms with van der Waals surface area (Å²) in [5, 5.41) is 2.56. The lowest BCUT2D eigenvalue weighted by Gasteiger charge is -2.28. The SMILES string of the molecule is CCOC(=O)CC(C)(C)C(=O)C(Cl)(Br)C(=O)Nc1ccccc1. The summed E-state index contributed by atoms with van der Waals surface area (Å²) >= 11 is 9.12. The van der Waals surface area contributed by atoms with Gasteiger partial charge in [-0.2, -0.15) is 0 Å². The highest BCUT2D eigenvalue weighted by molar-refractivity contribution is 9.11. The third kappa shape index (κ3) is 5.32. The topological polar surface area (TPSA) is 72.5 Å². The smallest absolute Gasteiger partial charge is 0.306 e. The van der Waals surface area contributed by atoms with E-state index in [0.29, 0.717) is 5.69 Å². The van der Waals surface area contributed by atoms with Crippen LogP contribution in [0.5, 0.6) is 0 Å². The average molecular weight is 405 g/mol. The molecule has 0 aliphatic heterocycles. The van der Waals surface area contributed by atoms with Crippen LogP contribution in [-0.4, -0.2) is 28.1 Å². The van der Waals surface area contributed by atoms with Crippen molar-refractivity contribution in [2.75, 3.05) is 11.9 Å². The van der Waals surface area contributed by atoms with Crippen LogP contribution in [0.2, 0.25) is 0 Å². The Labute approximate surface area is 148 Å². The molecule has 1 unspecified atom stereocenters. The number of ketones is 1. The van der Waals surface area contributed by atoms with E-state index in [9.17, 15) is 14.4 Å². The van der Waals surface area contributed by atoms with Crippen molar-refractivity contribution in [3.63, 3.8) is 0 Å². The molecule has 126 valence electrons. The van der Waals surface area contributed by atoms with Crippen LogP contribution in [0, 0.1) is 5.41 Å². The first-order valence-corrected chi connectivity index (χ1v) is 8.23. The normalized spacial score (nSPS) is 13.8. The summed E-state index contributed by atoms with van der Waals surface area (Å²) in [6.45, 7) is 4.98. The van der Waals surface area contributed by atoms with Gasteiger partial charge in [-0.25, -0.2) is 0 Å². The van der Waals surface area contributed by atoms with E-state index in [-0.39, 0.29) is 13.0 Å². The maximum Gasteiger partial charge on any atom is 0.306 e. The zero-order valence-electron chi connectivity index (χ0n) is 13.2. The maximum atomic E-state index is 12.6. The summed E-state index contributed by atoms with van der Waals surface area (Å²) in [4.78, 5) is 36.5. The van der Waals surface area contributed by atoms with Gasteiger partial charge in [0.1, 0.15) is 0 Å². The van der Waals surface area contributed by atoms with E-state index < -0.39 is 26.9 Å². The summed E-state index contributed by atoms with van der Waals surface area (Å²) in [6.07, 6.45) is -0.168. The molecule has 1 aromatic rings. The number of halogens is 2. The largest absolute Gasteiger partial charge is 0.466 e. The Morgan fingerprint density at radius 2 is 1.78 bits per heavy atom. The van der Waals surface area contributed by atoms with E-state index in [1.807, 2.05) is 0 Å². The lowest BCUT2D eigenvalue weighted by atomic mass is 9.82. The van der Waals surface area contributed by atoms with E-state index in [2.05, 4.69) is 21.2 Å². The number of benzene rings is 1. The molecule has 0 aliphatic rings. The van der Waals surface area contributed by atoms with Crippen molar-refractivity contribution in [3.05, 3.63) is 30.3 Å². The van der Waals surface area contributed by atoms with Gasteiger partial charge in [-0.15, -0.1) is 0 Å². The number of carbonyl (C=O) groups excluding carboxylic acids is 3. The van der Waals surface area contributed by atoms with Crippen molar-refractivity contribution in [1.29, 1.82) is 0 Å². The number of hydrogen-bond donors (Lipinski definition) is 1. The van der Waals surface area contributed by atoms with Crippen LogP contribution >= 0.6 is 27.5 Å². The van der Waals surface area contributed by atoms with Gasteiger partial charge in [-0.3, -0.25) is 14.4 Å². The molecule has 0 aliphatic carbocycles. The summed E-state index contributed by atoms with van der Waals surface area (Å²) in [6, 6.07) is 8.63. The fraction of sp³-hybridized carbons (Fsp3) is 0.438. The molecule has 0 fully saturated rings. The van der Waals surface area contributed by atoms with Crippen LogP contribution in [0.4, 0.5) is 5.69 Å². The third-order valence-electron chi connectivity index (χ3n) is 3.11. The van der Waals surface area contributed by atoms with Gasteiger partial charge < -0.3 is 10.1 Å². The first-order valence-electron chi connectivity index (χ1n) is 7.06. The molecule has 0 saturated carbocycles. The molecule has 0 bridgehead atoms. The van der Waals surface area contributed by atoms with Crippen LogP contribution in [0.25, 0.3) is 0 Å². The van der Waals surface area contributed by atoms with Crippen molar-refractivity contribution in [1.82, 2.24) is 0 Å². The minimum Gasteiger partial charge on any atom is -0.466 e. The molecule has 5 nitrogen and oxygen atoms in total. The molecule has 0 radical (unpaired) electrons. The first kappa shape index (κ1) is 19.6. The highest BCUT2D eigenvalue weighted by Crippen LogP contribution is 2.37. The van der Waals surface area contributed by atoms with Gasteiger partial charge in [0.25, 0.3) is 5.91 Å². The van der Waals surface area contributed by atoms with Gasteiger partial charge in [-0.05, 0) is 35.0 Å². The number of para-hydroxylation sites is 1. The Balaban J connectivity index is 2.86. The number of anilines is 1. The Kier molecular flexibility index (Phi) is 6.77. The number of nitrogens with one attached hydrogen (secondary N) is 1. The average Bonchev–Trinajstić information content (AvgIpc) is 2.47. The van der Waals surface area contributed by atoms with Crippen molar-refractivity contribution in [2.24, 2.45) is 5.41 Å². The van der Waals surface area contributed by atoms with Crippen LogP contribution in [0.3, 0.4) is 0 Å². The molecule has 7 heteroatoms. The van der Waals surface area contributed by atoms with Crippen molar-refractivity contribution < 1.29 is 19.1 Å². The minimum absolute atomic E-state index is 0.168. The summed E-state index contributed by atoms with van der Waals surface area (Å²) < 4.78 is 2.87. The molecule has 0 saturated heterocycles. The number of carbonyl (C=O) groups is 3. The number of amides is 1. The second-order valence-corrected chi connectivity index (χ2v) is 7.80. The zero-order chi connectivity index (χ0) is 17.7. The summed E-state index contributed by atoms with van der Waals surface area (Å²) in [5.41, 5.74) is -0.649. The van der Waals surface area contributed by atoms with E-state index in [0.717, 1.165) is 0 Å². The fourth-order valence-corrected chi connectivity index (χ4v) is 2.85. The lowest BCUT2D eigenvalue weighted by molar-refractivity contribution is -0.149. The molecular formula is C16H19BrClNO4. The highest BCUT2D eigenvalue weighted by atomic mass is 79.9. The van der Waals surface area contributed by atoms with Gasteiger partial charge in [0.05, 0.1) is 13.0 Å². The van der Waals surface area contributed by atoms with Crippen LogP contribution in [0.15, 0.2) is 30.3 Å². The van der Waals surface area contributed by atoms with E-state index in [1.165, 1.54) is 0 Å². The predicted octanol–water partition coefficient (Wildman–Crippen LogP) is 3.50. The van der Waals surface area contributed by atoms with Crippen LogP contribution < -0.4 is 5.32 Å². The van der Waals surface area contributed by atoms with Crippen molar-refractivity contribution in [2.45, 2.75) is 31.0 Å². The molecule has 1 atom stereocenters. The van der Waals surface area contributed by atoms with Crippen molar-refractivity contribution in [3.8, 4) is 0 Å². The van der Waals surface area contributed by atoms with Crippen LogP contribution in [-0.2, 0) is 19.1 Å². The number of hydrogen-bond acceptors (Lipinski definition) is 4. The minimum atomic E-state index is -1.97.